The van der Waals surface area contributed by atoms with Crippen molar-refractivity contribution in [2.45, 2.75) is 39.7 Å². The molecule has 0 heterocycles. The topological polar surface area (TPSA) is 35.5 Å². The molecule has 0 aliphatic carbocycles. The zero-order valence-electron chi connectivity index (χ0n) is 11.2. The molecule has 0 spiro atoms. The molecule has 0 aliphatic heterocycles. The number of methoxy groups -OCH3 is 1. The Kier molecular flexibility index (Phi) is 4.16. The van der Waals surface area contributed by atoms with Gasteiger partial charge in [-0.25, -0.2) is 0 Å². The van der Waals surface area contributed by atoms with Gasteiger partial charge in [0.1, 0.15) is 22.7 Å². The van der Waals surface area contributed by atoms with Crippen molar-refractivity contribution in [2.24, 2.45) is 0 Å². The van der Waals surface area contributed by atoms with E-state index in [2.05, 4.69) is 0 Å². The summed E-state index contributed by atoms with van der Waals surface area (Å²) in [5.74, 6) is 1.09. The van der Waals surface area contributed by atoms with E-state index >= 15 is 0 Å². The van der Waals surface area contributed by atoms with Crippen LogP contribution < -0.4 is 9.47 Å². The minimum atomic E-state index is -0.295. The molecule has 0 amide bonds. The SMILES string of the molecule is CCC(C)(C)Oc1cccc(OC)c1C(C)=O. The predicted molar refractivity (Wildman–Crippen MR) is 68.0 cm³/mol. The first-order chi connectivity index (χ1) is 7.91. The second-order valence-corrected chi connectivity index (χ2v) is 4.60. The van der Waals surface area contributed by atoms with Gasteiger partial charge in [-0.3, -0.25) is 4.79 Å². The summed E-state index contributed by atoms with van der Waals surface area (Å²) < 4.78 is 11.1. The van der Waals surface area contributed by atoms with Gasteiger partial charge in [0, 0.05) is 0 Å². The fourth-order valence-electron chi connectivity index (χ4n) is 1.48. The molecule has 0 radical (unpaired) electrons. The average molecular weight is 236 g/mol. The minimum absolute atomic E-state index is 0.0515. The van der Waals surface area contributed by atoms with E-state index in [1.165, 1.54) is 6.92 Å². The smallest absolute Gasteiger partial charge is 0.167 e. The molecule has 3 nitrogen and oxygen atoms in total. The molecule has 3 heteroatoms. The van der Waals surface area contributed by atoms with E-state index in [0.717, 1.165) is 6.42 Å². The van der Waals surface area contributed by atoms with Gasteiger partial charge in [-0.05, 0) is 39.3 Å². The molecule has 0 saturated carbocycles. The first kappa shape index (κ1) is 13.6. The Labute approximate surface area is 103 Å². The van der Waals surface area contributed by atoms with Gasteiger partial charge >= 0.3 is 0 Å². The number of rotatable bonds is 5. The van der Waals surface area contributed by atoms with Crippen LogP contribution in [0.2, 0.25) is 0 Å². The van der Waals surface area contributed by atoms with E-state index in [9.17, 15) is 4.79 Å². The highest BCUT2D eigenvalue weighted by Crippen LogP contribution is 2.31. The molecule has 0 aliphatic rings. The van der Waals surface area contributed by atoms with Gasteiger partial charge < -0.3 is 9.47 Å². The van der Waals surface area contributed by atoms with Crippen molar-refractivity contribution >= 4 is 5.78 Å². The van der Waals surface area contributed by atoms with E-state index in [-0.39, 0.29) is 11.4 Å². The molecule has 0 saturated heterocycles. The molecule has 1 aromatic rings. The Morgan fingerprint density at radius 2 is 1.88 bits per heavy atom. The molecule has 0 atom stereocenters. The van der Waals surface area contributed by atoms with Crippen LogP contribution in [0, 0.1) is 0 Å². The lowest BCUT2D eigenvalue weighted by molar-refractivity contribution is 0.0941. The van der Waals surface area contributed by atoms with Crippen molar-refractivity contribution in [2.75, 3.05) is 7.11 Å². The van der Waals surface area contributed by atoms with Crippen molar-refractivity contribution in [3.63, 3.8) is 0 Å². The Bertz CT molecular complexity index is 408. The molecular formula is C14H20O3. The summed E-state index contributed by atoms with van der Waals surface area (Å²) >= 11 is 0. The van der Waals surface area contributed by atoms with Crippen LogP contribution in [-0.2, 0) is 0 Å². The number of hydrogen-bond acceptors (Lipinski definition) is 3. The Morgan fingerprint density at radius 1 is 1.29 bits per heavy atom. The molecule has 94 valence electrons. The van der Waals surface area contributed by atoms with Gasteiger partial charge in [0.05, 0.1) is 7.11 Å². The largest absolute Gasteiger partial charge is 0.496 e. The van der Waals surface area contributed by atoms with Crippen molar-refractivity contribution in [1.29, 1.82) is 0 Å². The second-order valence-electron chi connectivity index (χ2n) is 4.60. The number of hydrogen-bond donors (Lipinski definition) is 0. The molecule has 0 aromatic heterocycles. The van der Waals surface area contributed by atoms with Crippen LogP contribution in [0.1, 0.15) is 44.5 Å². The molecule has 0 N–H and O–H groups in total. The third-order valence-corrected chi connectivity index (χ3v) is 2.80. The molecule has 17 heavy (non-hydrogen) atoms. The van der Waals surface area contributed by atoms with Crippen molar-refractivity contribution in [3.05, 3.63) is 23.8 Å². The molecule has 1 rings (SSSR count). The fraction of sp³-hybridized carbons (Fsp3) is 0.500. The summed E-state index contributed by atoms with van der Waals surface area (Å²) in [5.41, 5.74) is 0.216. The maximum atomic E-state index is 11.7. The number of carbonyl (C=O) groups is 1. The van der Waals surface area contributed by atoms with Crippen LogP contribution in [0.3, 0.4) is 0 Å². The predicted octanol–water partition coefficient (Wildman–Crippen LogP) is 3.47. The Balaban J connectivity index is 3.19. The lowest BCUT2D eigenvalue weighted by atomic mass is 10.1. The van der Waals surface area contributed by atoms with E-state index in [0.29, 0.717) is 17.1 Å². The van der Waals surface area contributed by atoms with E-state index in [1.54, 1.807) is 19.2 Å². The Morgan fingerprint density at radius 3 is 2.35 bits per heavy atom. The third kappa shape index (κ3) is 3.22. The van der Waals surface area contributed by atoms with Crippen LogP contribution >= 0.6 is 0 Å². The van der Waals surface area contributed by atoms with Gasteiger partial charge in [0.15, 0.2) is 5.78 Å². The lowest BCUT2D eigenvalue weighted by Crippen LogP contribution is -2.27. The fourth-order valence-corrected chi connectivity index (χ4v) is 1.48. The lowest BCUT2D eigenvalue weighted by Gasteiger charge is -2.26. The van der Waals surface area contributed by atoms with Gasteiger partial charge in [-0.15, -0.1) is 0 Å². The summed E-state index contributed by atoms with van der Waals surface area (Å²) in [6.45, 7) is 7.56. The quantitative estimate of drug-likeness (QED) is 0.734. The zero-order chi connectivity index (χ0) is 13.1. The number of Topliss-reactive ketones (excluding diaryl/α,β-unsaturated/α-hetero) is 1. The van der Waals surface area contributed by atoms with Crippen LogP contribution in [0.15, 0.2) is 18.2 Å². The highest BCUT2D eigenvalue weighted by atomic mass is 16.5. The first-order valence-corrected chi connectivity index (χ1v) is 5.78. The van der Waals surface area contributed by atoms with Gasteiger partial charge in [-0.1, -0.05) is 13.0 Å². The van der Waals surface area contributed by atoms with Crippen molar-refractivity contribution in [3.8, 4) is 11.5 Å². The van der Waals surface area contributed by atoms with Crippen LogP contribution in [0.4, 0.5) is 0 Å². The third-order valence-electron chi connectivity index (χ3n) is 2.80. The highest BCUT2D eigenvalue weighted by Gasteiger charge is 2.22. The monoisotopic (exact) mass is 236 g/mol. The van der Waals surface area contributed by atoms with Crippen LogP contribution in [0.25, 0.3) is 0 Å². The summed E-state index contributed by atoms with van der Waals surface area (Å²) in [5, 5.41) is 0. The maximum absolute atomic E-state index is 11.7. The van der Waals surface area contributed by atoms with E-state index in [1.807, 2.05) is 26.8 Å². The first-order valence-electron chi connectivity index (χ1n) is 5.78. The molecule has 0 bridgehead atoms. The normalized spacial score (nSPS) is 11.1. The van der Waals surface area contributed by atoms with Crippen LogP contribution in [-0.4, -0.2) is 18.5 Å². The summed E-state index contributed by atoms with van der Waals surface area (Å²) in [6.07, 6.45) is 0.863. The van der Waals surface area contributed by atoms with Gasteiger partial charge in [0.2, 0.25) is 0 Å². The zero-order valence-corrected chi connectivity index (χ0v) is 11.2. The number of benzene rings is 1. The van der Waals surface area contributed by atoms with Crippen molar-refractivity contribution < 1.29 is 14.3 Å². The number of carbonyl (C=O) groups excluding carboxylic acids is 1. The summed E-state index contributed by atoms with van der Waals surface area (Å²) in [4.78, 5) is 11.7. The van der Waals surface area contributed by atoms with Crippen molar-refractivity contribution in [1.82, 2.24) is 0 Å². The number of ether oxygens (including phenoxy) is 2. The standard InChI is InChI=1S/C14H20O3/c1-6-14(3,4)17-12-9-7-8-11(16-5)13(12)10(2)15/h7-9H,6H2,1-5H3. The number of ketones is 1. The van der Waals surface area contributed by atoms with E-state index in [4.69, 9.17) is 9.47 Å². The van der Waals surface area contributed by atoms with Gasteiger partial charge in [0.25, 0.3) is 0 Å². The molecular weight excluding hydrogens is 216 g/mol. The molecule has 0 fully saturated rings. The van der Waals surface area contributed by atoms with E-state index < -0.39 is 0 Å². The van der Waals surface area contributed by atoms with Crippen LogP contribution in [0.5, 0.6) is 11.5 Å². The second kappa shape index (κ2) is 5.21. The summed E-state index contributed by atoms with van der Waals surface area (Å²) in [6, 6.07) is 5.39. The molecule has 1 aromatic carbocycles. The minimum Gasteiger partial charge on any atom is -0.496 e. The summed E-state index contributed by atoms with van der Waals surface area (Å²) in [7, 11) is 1.55. The Hall–Kier alpha value is -1.51. The van der Waals surface area contributed by atoms with Gasteiger partial charge in [-0.2, -0.15) is 0 Å². The maximum Gasteiger partial charge on any atom is 0.167 e. The highest BCUT2D eigenvalue weighted by molar-refractivity contribution is 5.99. The molecule has 0 unspecified atom stereocenters. The average Bonchev–Trinajstić information content (AvgIpc) is 2.27.